The summed E-state index contributed by atoms with van der Waals surface area (Å²) in [6.07, 6.45) is 1.60. The average Bonchev–Trinajstić information content (AvgIpc) is 3.15. The maximum absolute atomic E-state index is 11.1. The number of anilines is 1. The Labute approximate surface area is 177 Å². The normalized spacial score (nSPS) is 10.6. The second kappa shape index (κ2) is 8.12. The molecule has 0 aliphatic carbocycles. The van der Waals surface area contributed by atoms with E-state index in [0.29, 0.717) is 28.4 Å². The lowest BCUT2D eigenvalue weighted by atomic mass is 10.2. The summed E-state index contributed by atoms with van der Waals surface area (Å²) < 4.78 is 12.2. The Bertz CT molecular complexity index is 1320. The van der Waals surface area contributed by atoms with Crippen molar-refractivity contribution < 1.29 is 14.3 Å². The van der Waals surface area contributed by atoms with Gasteiger partial charge in [0.05, 0.1) is 12.7 Å². The topological polar surface area (TPSA) is 129 Å². The zero-order valence-corrected chi connectivity index (χ0v) is 16.9. The summed E-state index contributed by atoms with van der Waals surface area (Å²) in [6, 6.07) is 14.7. The molecule has 9 heteroatoms. The van der Waals surface area contributed by atoms with Gasteiger partial charge in [-0.15, -0.1) is 0 Å². The first-order chi connectivity index (χ1) is 15.0. The van der Waals surface area contributed by atoms with E-state index in [9.17, 15) is 10.1 Å². The van der Waals surface area contributed by atoms with Crippen LogP contribution in [0.15, 0.2) is 48.7 Å². The molecule has 0 bridgehead atoms. The molecule has 0 saturated carbocycles. The van der Waals surface area contributed by atoms with Crippen LogP contribution in [-0.2, 0) is 16.1 Å². The molecule has 3 heterocycles. The Morgan fingerprint density at radius 3 is 2.65 bits per heavy atom. The van der Waals surface area contributed by atoms with E-state index in [1.165, 1.54) is 14.0 Å². The molecule has 0 aliphatic heterocycles. The minimum absolute atomic E-state index is 0.181. The van der Waals surface area contributed by atoms with Crippen LogP contribution in [0.2, 0.25) is 0 Å². The smallest absolute Gasteiger partial charge is 0.302 e. The van der Waals surface area contributed by atoms with Crippen molar-refractivity contribution in [2.75, 3.05) is 12.8 Å². The number of benzene rings is 1. The molecule has 154 valence electrons. The van der Waals surface area contributed by atoms with Crippen molar-refractivity contribution >= 4 is 23.0 Å². The molecule has 4 rings (SSSR count). The van der Waals surface area contributed by atoms with E-state index in [-0.39, 0.29) is 24.0 Å². The molecule has 9 nitrogen and oxygen atoms in total. The SMILES string of the molecule is COc1nc2c(cc1C#N)nc(-c1cccnc1N)n2-c1ccc(COC(C)=O)cc1. The number of methoxy groups -OCH3 is 1. The van der Waals surface area contributed by atoms with E-state index in [0.717, 1.165) is 11.3 Å². The number of nitrogens with two attached hydrogens (primary N) is 1. The third-order valence-corrected chi connectivity index (χ3v) is 4.63. The van der Waals surface area contributed by atoms with Crippen LogP contribution >= 0.6 is 0 Å². The van der Waals surface area contributed by atoms with Crippen LogP contribution in [-0.4, -0.2) is 32.6 Å². The molecular formula is C22H18N6O3. The van der Waals surface area contributed by atoms with Crippen molar-refractivity contribution in [1.29, 1.82) is 5.26 Å². The number of hydrogen-bond donors (Lipinski definition) is 1. The van der Waals surface area contributed by atoms with E-state index in [1.54, 1.807) is 18.3 Å². The number of esters is 1. The number of nitrogen functional groups attached to an aromatic ring is 1. The Morgan fingerprint density at radius 2 is 2.00 bits per heavy atom. The maximum Gasteiger partial charge on any atom is 0.302 e. The van der Waals surface area contributed by atoms with Crippen LogP contribution in [0.25, 0.3) is 28.2 Å². The molecule has 3 aromatic heterocycles. The molecule has 0 fully saturated rings. The van der Waals surface area contributed by atoms with Gasteiger partial charge < -0.3 is 15.2 Å². The van der Waals surface area contributed by atoms with Crippen LogP contribution in [0.5, 0.6) is 5.88 Å². The van der Waals surface area contributed by atoms with Crippen molar-refractivity contribution in [3.05, 3.63) is 59.8 Å². The van der Waals surface area contributed by atoms with Crippen LogP contribution in [0.4, 0.5) is 5.82 Å². The highest BCUT2D eigenvalue weighted by Gasteiger charge is 2.20. The van der Waals surface area contributed by atoms with Crippen LogP contribution < -0.4 is 10.5 Å². The van der Waals surface area contributed by atoms with E-state index >= 15 is 0 Å². The highest BCUT2D eigenvalue weighted by Crippen LogP contribution is 2.32. The van der Waals surface area contributed by atoms with Gasteiger partial charge in [0.15, 0.2) is 11.5 Å². The molecule has 0 radical (unpaired) electrons. The number of carbonyl (C=O) groups is 1. The van der Waals surface area contributed by atoms with E-state index < -0.39 is 0 Å². The van der Waals surface area contributed by atoms with Crippen molar-refractivity contribution in [2.45, 2.75) is 13.5 Å². The predicted octanol–water partition coefficient (Wildman–Crippen LogP) is 3.01. The Balaban J connectivity index is 1.93. The van der Waals surface area contributed by atoms with Gasteiger partial charge in [0.1, 0.15) is 29.6 Å². The van der Waals surface area contributed by atoms with Gasteiger partial charge in [-0.25, -0.2) is 9.97 Å². The number of nitrogens with zero attached hydrogens (tertiary/aromatic N) is 5. The fourth-order valence-corrected chi connectivity index (χ4v) is 3.18. The molecule has 0 aliphatic rings. The number of aromatic nitrogens is 4. The van der Waals surface area contributed by atoms with Gasteiger partial charge in [0, 0.05) is 18.8 Å². The Morgan fingerprint density at radius 1 is 1.23 bits per heavy atom. The third-order valence-electron chi connectivity index (χ3n) is 4.63. The quantitative estimate of drug-likeness (QED) is 0.493. The summed E-state index contributed by atoms with van der Waals surface area (Å²) in [6.45, 7) is 1.55. The number of imidazole rings is 1. The third kappa shape index (κ3) is 3.74. The standard InChI is InChI=1S/C22H18N6O3/c1-13(29)31-12-14-5-7-16(8-6-14)28-20(17-4-3-9-25-19(17)24)26-18-10-15(11-23)22(30-2)27-21(18)28/h3-10H,12H2,1-2H3,(H2,24,25). The summed E-state index contributed by atoms with van der Waals surface area (Å²) in [5.74, 6) is 0.702. The lowest BCUT2D eigenvalue weighted by Gasteiger charge is -2.11. The second-order valence-corrected chi connectivity index (χ2v) is 6.65. The largest absolute Gasteiger partial charge is 0.480 e. The van der Waals surface area contributed by atoms with E-state index in [4.69, 9.17) is 20.2 Å². The maximum atomic E-state index is 11.1. The molecule has 0 saturated heterocycles. The summed E-state index contributed by atoms with van der Waals surface area (Å²) in [5, 5.41) is 9.41. The number of fused-ring (bicyclic) bond motifs is 1. The van der Waals surface area contributed by atoms with Crippen LogP contribution in [0, 0.1) is 11.3 Å². The highest BCUT2D eigenvalue weighted by atomic mass is 16.5. The molecule has 1 aromatic carbocycles. The zero-order chi connectivity index (χ0) is 22.0. The number of ether oxygens (including phenoxy) is 2. The molecular weight excluding hydrogens is 396 g/mol. The summed E-state index contributed by atoms with van der Waals surface area (Å²) >= 11 is 0. The molecule has 0 spiro atoms. The van der Waals surface area contributed by atoms with Crippen molar-refractivity contribution in [1.82, 2.24) is 19.5 Å². The number of pyridine rings is 2. The van der Waals surface area contributed by atoms with Crippen molar-refractivity contribution in [2.24, 2.45) is 0 Å². The van der Waals surface area contributed by atoms with Gasteiger partial charge in [-0.1, -0.05) is 12.1 Å². The minimum atomic E-state index is -0.344. The fraction of sp³-hybridized carbons (Fsp3) is 0.136. The van der Waals surface area contributed by atoms with E-state index in [2.05, 4.69) is 16.0 Å². The molecule has 4 aromatic rings. The summed E-state index contributed by atoms with van der Waals surface area (Å²) in [5.41, 5.74) is 9.63. The number of nitriles is 1. The number of rotatable bonds is 5. The van der Waals surface area contributed by atoms with Crippen LogP contribution in [0.3, 0.4) is 0 Å². The van der Waals surface area contributed by atoms with E-state index in [1.807, 2.05) is 34.9 Å². The predicted molar refractivity (Wildman–Crippen MR) is 113 cm³/mol. The first-order valence-corrected chi connectivity index (χ1v) is 9.33. The highest BCUT2D eigenvalue weighted by molar-refractivity contribution is 5.84. The first kappa shape index (κ1) is 19.8. The van der Waals surface area contributed by atoms with Gasteiger partial charge in [0.2, 0.25) is 5.88 Å². The van der Waals surface area contributed by atoms with Gasteiger partial charge in [-0.3, -0.25) is 9.36 Å². The molecule has 0 unspecified atom stereocenters. The van der Waals surface area contributed by atoms with Gasteiger partial charge in [-0.2, -0.15) is 10.2 Å². The molecule has 0 amide bonds. The number of hydrogen-bond acceptors (Lipinski definition) is 8. The number of carbonyl (C=O) groups excluding carboxylic acids is 1. The first-order valence-electron chi connectivity index (χ1n) is 9.33. The molecule has 2 N–H and O–H groups in total. The van der Waals surface area contributed by atoms with Gasteiger partial charge in [0.25, 0.3) is 0 Å². The van der Waals surface area contributed by atoms with Crippen molar-refractivity contribution in [3.8, 4) is 29.0 Å². The lowest BCUT2D eigenvalue weighted by Crippen LogP contribution is -2.03. The van der Waals surface area contributed by atoms with Crippen molar-refractivity contribution in [3.63, 3.8) is 0 Å². The second-order valence-electron chi connectivity index (χ2n) is 6.65. The zero-order valence-electron chi connectivity index (χ0n) is 16.9. The van der Waals surface area contributed by atoms with Crippen LogP contribution in [0.1, 0.15) is 18.1 Å². The van der Waals surface area contributed by atoms with Gasteiger partial charge in [-0.05, 0) is 35.9 Å². The Hall–Kier alpha value is -4.45. The summed E-state index contributed by atoms with van der Waals surface area (Å²) in [7, 11) is 1.46. The minimum Gasteiger partial charge on any atom is -0.480 e. The monoisotopic (exact) mass is 414 g/mol. The average molecular weight is 414 g/mol. The van der Waals surface area contributed by atoms with Gasteiger partial charge >= 0.3 is 5.97 Å². The molecule has 0 atom stereocenters. The summed E-state index contributed by atoms with van der Waals surface area (Å²) in [4.78, 5) is 24.4. The lowest BCUT2D eigenvalue weighted by molar-refractivity contribution is -0.142. The Kier molecular flexibility index (Phi) is 5.20. The fourth-order valence-electron chi connectivity index (χ4n) is 3.18. The molecule has 31 heavy (non-hydrogen) atoms.